The fourth-order valence-electron chi connectivity index (χ4n) is 2.39. The molecule has 1 aromatic rings. The van der Waals surface area contributed by atoms with Gasteiger partial charge in [0, 0.05) is 39.1 Å². The smallest absolute Gasteiger partial charge is 0.0815 e. The molecule has 2 rings (SSSR count). The Morgan fingerprint density at radius 3 is 2.42 bits per heavy atom. The topological polar surface area (TPSA) is 41.5 Å². The highest BCUT2D eigenvalue weighted by atomic mass is 16.5. The van der Waals surface area contributed by atoms with Gasteiger partial charge in [0.15, 0.2) is 0 Å². The van der Waals surface area contributed by atoms with Gasteiger partial charge in [0.2, 0.25) is 0 Å². The largest absolute Gasteiger partial charge is 0.388 e. The molecule has 1 aromatic carbocycles. The number of nitrogens with one attached hydrogen (secondary N) is 1. The normalized spacial score (nSPS) is 18.7. The van der Waals surface area contributed by atoms with Gasteiger partial charge in [0.25, 0.3) is 0 Å². The third kappa shape index (κ3) is 4.30. The van der Waals surface area contributed by atoms with Crippen molar-refractivity contribution in [2.45, 2.75) is 44.8 Å². The van der Waals surface area contributed by atoms with E-state index in [1.54, 1.807) is 0 Å². The summed E-state index contributed by atoms with van der Waals surface area (Å²) < 4.78 is 5.28. The summed E-state index contributed by atoms with van der Waals surface area (Å²) in [5, 5.41) is 13.7. The van der Waals surface area contributed by atoms with Gasteiger partial charge in [0.1, 0.15) is 0 Å². The SMILES string of the molecule is CC(C)c1ccc(CNCC2(O)CCOCC2)cc1. The number of rotatable bonds is 5. The first-order valence-corrected chi connectivity index (χ1v) is 7.19. The lowest BCUT2D eigenvalue weighted by Gasteiger charge is -2.32. The third-order valence-electron chi connectivity index (χ3n) is 3.85. The van der Waals surface area contributed by atoms with Crippen LogP contribution in [0.4, 0.5) is 0 Å². The van der Waals surface area contributed by atoms with Gasteiger partial charge in [-0.2, -0.15) is 0 Å². The Morgan fingerprint density at radius 1 is 1.21 bits per heavy atom. The van der Waals surface area contributed by atoms with Crippen molar-refractivity contribution in [2.24, 2.45) is 0 Å². The van der Waals surface area contributed by atoms with Crippen LogP contribution in [0.25, 0.3) is 0 Å². The summed E-state index contributed by atoms with van der Waals surface area (Å²) in [5.41, 5.74) is 2.04. The third-order valence-corrected chi connectivity index (χ3v) is 3.85. The van der Waals surface area contributed by atoms with Crippen LogP contribution in [0.3, 0.4) is 0 Å². The molecular weight excluding hydrogens is 238 g/mol. The molecule has 1 aliphatic heterocycles. The Labute approximate surface area is 116 Å². The van der Waals surface area contributed by atoms with E-state index in [1.165, 1.54) is 11.1 Å². The lowest BCUT2D eigenvalue weighted by Crippen LogP contribution is -2.44. The average Bonchev–Trinajstić information content (AvgIpc) is 2.40. The fraction of sp³-hybridized carbons (Fsp3) is 0.625. The van der Waals surface area contributed by atoms with E-state index in [1.807, 2.05) is 0 Å². The Kier molecular flexibility index (Phi) is 4.97. The molecule has 106 valence electrons. The van der Waals surface area contributed by atoms with Crippen LogP contribution in [0.15, 0.2) is 24.3 Å². The van der Waals surface area contributed by atoms with E-state index < -0.39 is 5.60 Å². The van der Waals surface area contributed by atoms with Gasteiger partial charge in [-0.1, -0.05) is 38.1 Å². The Hall–Kier alpha value is -0.900. The molecule has 0 spiro atoms. The van der Waals surface area contributed by atoms with Crippen molar-refractivity contribution in [3.8, 4) is 0 Å². The van der Waals surface area contributed by atoms with E-state index in [2.05, 4.69) is 43.4 Å². The minimum atomic E-state index is -0.587. The molecule has 0 atom stereocenters. The van der Waals surface area contributed by atoms with Gasteiger partial charge in [-0.25, -0.2) is 0 Å². The highest BCUT2D eigenvalue weighted by Gasteiger charge is 2.28. The van der Waals surface area contributed by atoms with Crippen LogP contribution in [0.2, 0.25) is 0 Å². The van der Waals surface area contributed by atoms with Crippen LogP contribution >= 0.6 is 0 Å². The van der Waals surface area contributed by atoms with Crippen molar-refractivity contribution in [2.75, 3.05) is 19.8 Å². The highest BCUT2D eigenvalue weighted by Crippen LogP contribution is 2.19. The molecule has 1 saturated heterocycles. The van der Waals surface area contributed by atoms with Gasteiger partial charge in [0.05, 0.1) is 5.60 Å². The quantitative estimate of drug-likeness (QED) is 0.857. The predicted octanol–water partition coefficient (Wildman–Crippen LogP) is 2.44. The molecule has 19 heavy (non-hydrogen) atoms. The minimum Gasteiger partial charge on any atom is -0.388 e. The molecule has 0 aromatic heterocycles. The number of aliphatic hydroxyl groups is 1. The Morgan fingerprint density at radius 2 is 1.84 bits per heavy atom. The zero-order chi connectivity index (χ0) is 13.7. The van der Waals surface area contributed by atoms with Crippen molar-refractivity contribution in [1.29, 1.82) is 0 Å². The van der Waals surface area contributed by atoms with Crippen molar-refractivity contribution < 1.29 is 9.84 Å². The maximum Gasteiger partial charge on any atom is 0.0815 e. The van der Waals surface area contributed by atoms with Crippen molar-refractivity contribution in [3.63, 3.8) is 0 Å². The Bertz CT molecular complexity index is 380. The van der Waals surface area contributed by atoms with Gasteiger partial charge >= 0.3 is 0 Å². The lowest BCUT2D eigenvalue weighted by molar-refractivity contribution is -0.0617. The zero-order valence-electron chi connectivity index (χ0n) is 12.0. The van der Waals surface area contributed by atoms with Crippen LogP contribution in [0, 0.1) is 0 Å². The van der Waals surface area contributed by atoms with E-state index >= 15 is 0 Å². The van der Waals surface area contributed by atoms with E-state index in [9.17, 15) is 5.11 Å². The van der Waals surface area contributed by atoms with Crippen molar-refractivity contribution in [3.05, 3.63) is 35.4 Å². The predicted molar refractivity (Wildman–Crippen MR) is 77.2 cm³/mol. The summed E-state index contributed by atoms with van der Waals surface area (Å²) in [6, 6.07) is 8.70. The molecule has 0 unspecified atom stereocenters. The standard InChI is InChI=1S/C16H25NO2/c1-13(2)15-5-3-14(4-6-15)11-17-12-16(18)7-9-19-10-8-16/h3-6,13,17-18H,7-12H2,1-2H3. The molecule has 1 aliphatic rings. The second kappa shape index (κ2) is 6.51. The van der Waals surface area contributed by atoms with Crippen molar-refractivity contribution in [1.82, 2.24) is 5.32 Å². The molecular formula is C16H25NO2. The Balaban J connectivity index is 1.79. The molecule has 1 heterocycles. The molecule has 0 bridgehead atoms. The number of benzene rings is 1. The van der Waals surface area contributed by atoms with Crippen LogP contribution in [-0.2, 0) is 11.3 Å². The maximum atomic E-state index is 10.3. The van der Waals surface area contributed by atoms with Crippen LogP contribution < -0.4 is 5.32 Å². The molecule has 0 amide bonds. The summed E-state index contributed by atoms with van der Waals surface area (Å²) >= 11 is 0. The first-order chi connectivity index (χ1) is 9.09. The monoisotopic (exact) mass is 263 g/mol. The summed E-state index contributed by atoms with van der Waals surface area (Å²) in [7, 11) is 0. The first kappa shape index (κ1) is 14.5. The molecule has 3 nitrogen and oxygen atoms in total. The number of hydrogen-bond acceptors (Lipinski definition) is 3. The minimum absolute atomic E-state index is 0.574. The maximum absolute atomic E-state index is 10.3. The van der Waals surface area contributed by atoms with Gasteiger partial charge < -0.3 is 15.2 Å². The van der Waals surface area contributed by atoms with Crippen molar-refractivity contribution >= 4 is 0 Å². The summed E-state index contributed by atoms with van der Waals surface area (Å²) in [6.07, 6.45) is 1.46. The summed E-state index contributed by atoms with van der Waals surface area (Å²) in [4.78, 5) is 0. The number of ether oxygens (including phenoxy) is 1. The molecule has 0 aliphatic carbocycles. The second-order valence-corrected chi connectivity index (χ2v) is 5.84. The number of hydrogen-bond donors (Lipinski definition) is 2. The summed E-state index contributed by atoms with van der Waals surface area (Å²) in [6.45, 7) is 7.19. The van der Waals surface area contributed by atoms with E-state index in [4.69, 9.17) is 4.74 Å². The summed E-state index contributed by atoms with van der Waals surface area (Å²) in [5.74, 6) is 0.574. The zero-order valence-corrected chi connectivity index (χ0v) is 12.0. The van der Waals surface area contributed by atoms with Crippen LogP contribution in [-0.4, -0.2) is 30.5 Å². The van der Waals surface area contributed by atoms with Gasteiger partial charge in [-0.3, -0.25) is 0 Å². The molecule has 3 heteroatoms. The van der Waals surface area contributed by atoms with Gasteiger partial charge in [-0.15, -0.1) is 0 Å². The van der Waals surface area contributed by atoms with Crippen LogP contribution in [0.1, 0.15) is 43.7 Å². The fourth-order valence-corrected chi connectivity index (χ4v) is 2.39. The first-order valence-electron chi connectivity index (χ1n) is 7.19. The lowest BCUT2D eigenvalue weighted by atomic mass is 9.94. The average molecular weight is 263 g/mol. The van der Waals surface area contributed by atoms with E-state index in [0.29, 0.717) is 25.7 Å². The molecule has 1 fully saturated rings. The second-order valence-electron chi connectivity index (χ2n) is 5.84. The van der Waals surface area contributed by atoms with Crippen LogP contribution in [0.5, 0.6) is 0 Å². The highest BCUT2D eigenvalue weighted by molar-refractivity contribution is 5.24. The van der Waals surface area contributed by atoms with Gasteiger partial charge in [-0.05, 0) is 17.0 Å². The van der Waals surface area contributed by atoms with E-state index in [-0.39, 0.29) is 0 Å². The molecule has 2 N–H and O–H groups in total. The molecule has 0 radical (unpaired) electrons. The van der Waals surface area contributed by atoms with E-state index in [0.717, 1.165) is 19.4 Å². The molecule has 0 saturated carbocycles.